The Kier molecular flexibility index (Phi) is 6.09. The number of hydrogen-bond acceptors (Lipinski definition) is 10. The number of nitrogens with one attached hydrogen (secondary N) is 2. The van der Waals surface area contributed by atoms with Gasteiger partial charge in [0.05, 0.1) is 17.7 Å². The highest BCUT2D eigenvalue weighted by atomic mass is 16.6. The fourth-order valence-electron chi connectivity index (χ4n) is 4.23. The van der Waals surface area contributed by atoms with Crippen molar-refractivity contribution in [2.75, 3.05) is 44.5 Å². The van der Waals surface area contributed by atoms with Gasteiger partial charge in [-0.05, 0) is 39.1 Å². The highest BCUT2D eigenvalue weighted by Gasteiger charge is 2.36. The number of benzene rings is 1. The van der Waals surface area contributed by atoms with Crippen LogP contribution in [0.15, 0.2) is 47.9 Å². The number of methoxy groups -OCH3 is 1. The zero-order valence-electron chi connectivity index (χ0n) is 18.9. The largest absolute Gasteiger partial charge is 0.495 e. The molecule has 1 fully saturated rings. The molecule has 0 amide bonds. The molecule has 12 heteroatoms. The van der Waals surface area contributed by atoms with Gasteiger partial charge in [-0.1, -0.05) is 0 Å². The van der Waals surface area contributed by atoms with Crippen LogP contribution in [-0.2, 0) is 5.91 Å². The number of aromatic nitrogens is 2. The minimum Gasteiger partial charge on any atom is -0.495 e. The number of nitrogens with two attached hydrogens (primary N) is 1. The molecule has 1 saturated heterocycles. The molecule has 0 spiro atoms. The van der Waals surface area contributed by atoms with Gasteiger partial charge in [0.2, 0.25) is 0 Å². The van der Waals surface area contributed by atoms with Crippen molar-refractivity contribution in [3.63, 3.8) is 0 Å². The summed E-state index contributed by atoms with van der Waals surface area (Å²) in [5.41, 5.74) is 6.87. The molecule has 1 aromatic heterocycles. The summed E-state index contributed by atoms with van der Waals surface area (Å²) < 4.78 is 7.16. The second kappa shape index (κ2) is 8.98. The summed E-state index contributed by atoms with van der Waals surface area (Å²) in [4.78, 5) is 20.4. The van der Waals surface area contributed by atoms with Crippen molar-refractivity contribution in [3.05, 3.63) is 53.0 Å². The quantitative estimate of drug-likeness (QED) is 0.418. The van der Waals surface area contributed by atoms with Crippen LogP contribution in [0.4, 0.5) is 17.1 Å². The van der Waals surface area contributed by atoms with Gasteiger partial charge in [0.1, 0.15) is 17.3 Å². The van der Waals surface area contributed by atoms with E-state index in [2.05, 4.69) is 39.7 Å². The van der Waals surface area contributed by atoms with Crippen molar-refractivity contribution in [1.29, 1.82) is 0 Å². The Hall–Kier alpha value is -3.80. The number of nitro groups is 1. The number of hydrogen-bond donors (Lipinski definition) is 3. The van der Waals surface area contributed by atoms with Crippen LogP contribution < -0.4 is 26.0 Å². The Morgan fingerprint density at radius 1 is 1.36 bits per heavy atom. The van der Waals surface area contributed by atoms with Gasteiger partial charge in [0.25, 0.3) is 5.69 Å². The number of piperidine rings is 1. The lowest BCUT2D eigenvalue weighted by atomic mass is 10.0. The van der Waals surface area contributed by atoms with Crippen molar-refractivity contribution in [2.45, 2.75) is 24.8 Å². The summed E-state index contributed by atoms with van der Waals surface area (Å²) in [6, 6.07) is 5.39. The number of nitro benzene ring substituents is 1. The third-order valence-electron chi connectivity index (χ3n) is 6.00. The van der Waals surface area contributed by atoms with Crippen molar-refractivity contribution in [1.82, 2.24) is 20.0 Å². The van der Waals surface area contributed by atoms with E-state index in [0.29, 0.717) is 23.2 Å². The minimum absolute atomic E-state index is 0.0134. The summed E-state index contributed by atoms with van der Waals surface area (Å²) >= 11 is 0. The summed E-state index contributed by atoms with van der Waals surface area (Å²) in [5, 5.41) is 22.6. The molecular weight excluding hydrogens is 426 g/mol. The standard InChI is InChI=1S/C21H29N9O3/c1-27(2)15-6-11-28(12-7-15)17-14-19(33-3)16(13-18(17)30(31)32)25-21(29-10-4-8-24-29)23-9-5-20(22)26-21/h4-5,8-10,13-15,23,25H,6-7,11-12H2,1-3H3,(H2,22,26). The second-order valence-corrected chi connectivity index (χ2v) is 8.24. The normalized spacial score (nSPS) is 21.0. The summed E-state index contributed by atoms with van der Waals surface area (Å²) in [5.74, 6) is -0.595. The van der Waals surface area contributed by atoms with Gasteiger partial charge in [0, 0.05) is 49.9 Å². The number of amidine groups is 1. The average molecular weight is 456 g/mol. The maximum absolute atomic E-state index is 12.1. The molecule has 1 unspecified atom stereocenters. The third-order valence-corrected chi connectivity index (χ3v) is 6.00. The van der Waals surface area contributed by atoms with Crippen LogP contribution in [0.3, 0.4) is 0 Å². The van der Waals surface area contributed by atoms with Gasteiger partial charge in [-0.3, -0.25) is 10.1 Å². The van der Waals surface area contributed by atoms with E-state index in [1.165, 1.54) is 17.9 Å². The molecule has 12 nitrogen and oxygen atoms in total. The van der Waals surface area contributed by atoms with Crippen LogP contribution in [-0.4, -0.2) is 65.8 Å². The Labute approximate surface area is 191 Å². The average Bonchev–Trinajstić information content (AvgIpc) is 3.35. The highest BCUT2D eigenvalue weighted by molar-refractivity contribution is 5.92. The number of aliphatic imine (C=N–C) groups is 1. The van der Waals surface area contributed by atoms with Crippen molar-refractivity contribution >= 4 is 22.9 Å². The van der Waals surface area contributed by atoms with Crippen molar-refractivity contribution < 1.29 is 9.66 Å². The second-order valence-electron chi connectivity index (χ2n) is 8.24. The SMILES string of the molecule is COc1cc(N2CCC(N(C)C)CC2)c([N+](=O)[O-])cc1NC1(n2cccn2)N=C(N)C=CN1. The first-order chi connectivity index (χ1) is 15.8. The first-order valence-corrected chi connectivity index (χ1v) is 10.7. The van der Waals surface area contributed by atoms with Crippen LogP contribution in [0.1, 0.15) is 12.8 Å². The smallest absolute Gasteiger partial charge is 0.311 e. The predicted octanol–water partition coefficient (Wildman–Crippen LogP) is 1.48. The lowest BCUT2D eigenvalue weighted by Gasteiger charge is -2.37. The van der Waals surface area contributed by atoms with Crippen LogP contribution in [0.5, 0.6) is 5.75 Å². The topological polar surface area (TPSA) is 139 Å². The van der Waals surface area contributed by atoms with Crippen molar-refractivity contribution in [2.24, 2.45) is 10.7 Å². The first kappa shape index (κ1) is 22.4. The lowest BCUT2D eigenvalue weighted by Crippen LogP contribution is -2.53. The lowest BCUT2D eigenvalue weighted by molar-refractivity contribution is -0.384. The summed E-state index contributed by atoms with van der Waals surface area (Å²) in [7, 11) is 5.65. The van der Waals surface area contributed by atoms with Crippen LogP contribution in [0.2, 0.25) is 0 Å². The van der Waals surface area contributed by atoms with E-state index in [1.807, 2.05) is 4.90 Å². The molecule has 176 valence electrons. The molecular formula is C21H29N9O3. The predicted molar refractivity (Wildman–Crippen MR) is 126 cm³/mol. The van der Waals surface area contributed by atoms with E-state index in [4.69, 9.17) is 10.5 Å². The van der Waals surface area contributed by atoms with E-state index in [1.54, 1.807) is 36.8 Å². The molecule has 33 heavy (non-hydrogen) atoms. The highest BCUT2D eigenvalue weighted by Crippen LogP contribution is 2.41. The van der Waals surface area contributed by atoms with Gasteiger partial charge in [-0.25, -0.2) is 4.68 Å². The fourth-order valence-corrected chi connectivity index (χ4v) is 4.23. The molecule has 3 heterocycles. The van der Waals surface area contributed by atoms with Crippen molar-refractivity contribution in [3.8, 4) is 5.75 Å². The Morgan fingerprint density at radius 2 is 2.12 bits per heavy atom. The van der Waals surface area contributed by atoms with Crippen LogP contribution in [0.25, 0.3) is 0 Å². The Balaban J connectivity index is 1.72. The number of nitrogens with zero attached hydrogens (tertiary/aromatic N) is 6. The molecule has 0 bridgehead atoms. The van der Waals surface area contributed by atoms with Gasteiger partial charge in [-0.2, -0.15) is 10.1 Å². The summed E-state index contributed by atoms with van der Waals surface area (Å²) in [6.45, 7) is 1.45. The van der Waals surface area contributed by atoms with E-state index < -0.39 is 5.91 Å². The Bertz CT molecular complexity index is 1060. The van der Waals surface area contributed by atoms with E-state index in [-0.39, 0.29) is 16.4 Å². The molecule has 4 N–H and O–H groups in total. The molecule has 2 aliphatic heterocycles. The number of rotatable bonds is 7. The maximum atomic E-state index is 12.1. The first-order valence-electron chi connectivity index (χ1n) is 10.7. The third kappa shape index (κ3) is 4.42. The zero-order chi connectivity index (χ0) is 23.6. The number of anilines is 2. The Morgan fingerprint density at radius 3 is 2.70 bits per heavy atom. The molecule has 4 rings (SSSR count). The van der Waals surface area contributed by atoms with E-state index in [9.17, 15) is 10.1 Å². The number of ether oxygens (including phenoxy) is 1. The molecule has 2 aromatic rings. The van der Waals surface area contributed by atoms with Crippen LogP contribution >= 0.6 is 0 Å². The monoisotopic (exact) mass is 455 g/mol. The fraction of sp³-hybridized carbons (Fsp3) is 0.429. The van der Waals surface area contributed by atoms with Gasteiger partial charge in [-0.15, -0.1) is 0 Å². The summed E-state index contributed by atoms with van der Waals surface area (Å²) in [6.07, 6.45) is 8.43. The molecule has 0 radical (unpaired) electrons. The van der Waals surface area contributed by atoms with E-state index >= 15 is 0 Å². The molecule has 1 aromatic carbocycles. The van der Waals surface area contributed by atoms with Gasteiger partial charge < -0.3 is 30.9 Å². The molecule has 0 aliphatic carbocycles. The molecule has 2 aliphatic rings. The van der Waals surface area contributed by atoms with Gasteiger partial charge in [0.15, 0.2) is 0 Å². The van der Waals surface area contributed by atoms with Gasteiger partial charge >= 0.3 is 5.91 Å². The molecule has 0 saturated carbocycles. The van der Waals surface area contributed by atoms with E-state index in [0.717, 1.165) is 25.9 Å². The maximum Gasteiger partial charge on any atom is 0.311 e. The molecule has 1 atom stereocenters. The zero-order valence-corrected chi connectivity index (χ0v) is 18.9. The van der Waals surface area contributed by atoms with Crippen LogP contribution in [0, 0.1) is 10.1 Å². The minimum atomic E-state index is -1.31.